The van der Waals surface area contributed by atoms with E-state index in [-0.39, 0.29) is 5.91 Å². The summed E-state index contributed by atoms with van der Waals surface area (Å²) < 4.78 is 0. The van der Waals surface area contributed by atoms with Gasteiger partial charge in [-0.2, -0.15) is 0 Å². The maximum absolute atomic E-state index is 11.0. The Hall–Kier alpha value is -1.32. The molecule has 0 atom stereocenters. The summed E-state index contributed by atoms with van der Waals surface area (Å²) in [6.07, 6.45) is 3.18. The van der Waals surface area contributed by atoms with Crippen molar-refractivity contribution in [1.82, 2.24) is 4.90 Å². The van der Waals surface area contributed by atoms with Crippen LogP contribution in [0.2, 0.25) is 0 Å². The lowest BCUT2D eigenvalue weighted by Crippen LogP contribution is -2.38. The molecule has 1 aliphatic rings. The molecular formula is C8H13N3O. The van der Waals surface area contributed by atoms with Crippen molar-refractivity contribution in [3.63, 3.8) is 0 Å². The minimum atomic E-state index is 0.0906. The Balaban J connectivity index is 2.59. The fourth-order valence-corrected chi connectivity index (χ4v) is 1.12. The van der Waals surface area contributed by atoms with Gasteiger partial charge in [0.2, 0.25) is 5.91 Å². The molecule has 0 unspecified atom stereocenters. The predicted octanol–water partition coefficient (Wildman–Crippen LogP) is -0.238. The Bertz CT molecular complexity index is 232. The van der Waals surface area contributed by atoms with Gasteiger partial charge in [-0.05, 0) is 12.3 Å². The van der Waals surface area contributed by atoms with Gasteiger partial charge in [0.25, 0.3) is 0 Å². The maximum Gasteiger partial charge on any atom is 0.219 e. The normalized spacial score (nSPS) is 18.1. The largest absolute Gasteiger partial charge is 0.405 e. The first kappa shape index (κ1) is 8.77. The van der Waals surface area contributed by atoms with E-state index < -0.39 is 0 Å². The SMILES string of the molecule is CC(=O)N1CCN=C(C=CN)C1. The Morgan fingerprint density at radius 1 is 1.75 bits per heavy atom. The summed E-state index contributed by atoms with van der Waals surface area (Å²) in [5, 5.41) is 0. The Labute approximate surface area is 71.8 Å². The zero-order chi connectivity index (χ0) is 8.97. The highest BCUT2D eigenvalue weighted by atomic mass is 16.2. The summed E-state index contributed by atoms with van der Waals surface area (Å²) in [5.74, 6) is 0.0906. The predicted molar refractivity (Wildman–Crippen MR) is 47.9 cm³/mol. The highest BCUT2D eigenvalue weighted by molar-refractivity contribution is 5.98. The quantitative estimate of drug-likeness (QED) is 0.586. The molecule has 1 rings (SSSR count). The molecule has 0 aromatic heterocycles. The Morgan fingerprint density at radius 3 is 3.08 bits per heavy atom. The lowest BCUT2D eigenvalue weighted by atomic mass is 10.2. The van der Waals surface area contributed by atoms with E-state index in [0.717, 1.165) is 12.3 Å². The number of aliphatic imine (C=N–C) groups is 1. The molecule has 66 valence electrons. The first-order valence-electron chi connectivity index (χ1n) is 3.91. The highest BCUT2D eigenvalue weighted by Crippen LogP contribution is 1.99. The van der Waals surface area contributed by atoms with E-state index in [1.54, 1.807) is 17.9 Å². The van der Waals surface area contributed by atoms with Crippen LogP contribution >= 0.6 is 0 Å². The van der Waals surface area contributed by atoms with Crippen molar-refractivity contribution < 1.29 is 4.79 Å². The molecular weight excluding hydrogens is 154 g/mol. The van der Waals surface area contributed by atoms with Crippen LogP contribution in [0.3, 0.4) is 0 Å². The molecule has 0 bridgehead atoms. The third-order valence-electron chi connectivity index (χ3n) is 1.77. The zero-order valence-electron chi connectivity index (χ0n) is 7.16. The van der Waals surface area contributed by atoms with Gasteiger partial charge in [0, 0.05) is 13.5 Å². The lowest BCUT2D eigenvalue weighted by molar-refractivity contribution is -0.128. The first-order chi connectivity index (χ1) is 5.74. The van der Waals surface area contributed by atoms with Crippen molar-refractivity contribution in [2.24, 2.45) is 10.7 Å². The molecule has 1 heterocycles. The molecule has 0 aromatic rings. The van der Waals surface area contributed by atoms with Crippen molar-refractivity contribution in [3.05, 3.63) is 12.3 Å². The van der Waals surface area contributed by atoms with Crippen LogP contribution in [0.1, 0.15) is 6.92 Å². The standard InChI is InChI=1S/C8H13N3O/c1-7(12)11-5-4-10-8(6-11)2-3-9/h2-3H,4-6,9H2,1H3. The van der Waals surface area contributed by atoms with Crippen LogP contribution in [0.4, 0.5) is 0 Å². The van der Waals surface area contributed by atoms with Crippen molar-refractivity contribution in [2.75, 3.05) is 19.6 Å². The van der Waals surface area contributed by atoms with Gasteiger partial charge in [-0.3, -0.25) is 9.79 Å². The monoisotopic (exact) mass is 167 g/mol. The molecule has 0 fully saturated rings. The maximum atomic E-state index is 11.0. The van der Waals surface area contributed by atoms with Gasteiger partial charge >= 0.3 is 0 Å². The Morgan fingerprint density at radius 2 is 2.50 bits per heavy atom. The molecule has 1 amide bonds. The van der Waals surface area contributed by atoms with E-state index in [0.29, 0.717) is 13.1 Å². The topological polar surface area (TPSA) is 58.7 Å². The number of hydrogen-bond acceptors (Lipinski definition) is 3. The molecule has 2 N–H and O–H groups in total. The number of rotatable bonds is 1. The fourth-order valence-electron chi connectivity index (χ4n) is 1.12. The van der Waals surface area contributed by atoms with E-state index in [4.69, 9.17) is 5.73 Å². The summed E-state index contributed by atoms with van der Waals surface area (Å²) in [6, 6.07) is 0. The third-order valence-corrected chi connectivity index (χ3v) is 1.77. The molecule has 0 saturated carbocycles. The van der Waals surface area contributed by atoms with Gasteiger partial charge in [0.15, 0.2) is 0 Å². The van der Waals surface area contributed by atoms with Crippen LogP contribution in [0, 0.1) is 0 Å². The number of nitrogens with two attached hydrogens (primary N) is 1. The Kier molecular flexibility index (Phi) is 2.85. The molecule has 0 spiro atoms. The van der Waals surface area contributed by atoms with Crippen LogP contribution in [-0.2, 0) is 4.79 Å². The van der Waals surface area contributed by atoms with Gasteiger partial charge in [0.1, 0.15) is 0 Å². The summed E-state index contributed by atoms with van der Waals surface area (Å²) in [5.41, 5.74) is 6.09. The molecule has 4 nitrogen and oxygen atoms in total. The number of carbonyl (C=O) groups is 1. The van der Waals surface area contributed by atoms with Crippen LogP contribution < -0.4 is 5.73 Å². The van der Waals surface area contributed by atoms with Crippen molar-refractivity contribution in [2.45, 2.75) is 6.92 Å². The molecule has 12 heavy (non-hydrogen) atoms. The highest BCUT2D eigenvalue weighted by Gasteiger charge is 2.13. The van der Waals surface area contributed by atoms with Crippen molar-refractivity contribution in [1.29, 1.82) is 0 Å². The third kappa shape index (κ3) is 2.08. The lowest BCUT2D eigenvalue weighted by Gasteiger charge is -2.23. The van der Waals surface area contributed by atoms with Gasteiger partial charge in [0.05, 0.1) is 18.8 Å². The van der Waals surface area contributed by atoms with E-state index >= 15 is 0 Å². The summed E-state index contributed by atoms with van der Waals surface area (Å²) >= 11 is 0. The van der Waals surface area contributed by atoms with E-state index in [2.05, 4.69) is 4.99 Å². The second-order valence-corrected chi connectivity index (χ2v) is 2.67. The average Bonchev–Trinajstić information content (AvgIpc) is 2.05. The second kappa shape index (κ2) is 3.90. The number of hydrogen-bond donors (Lipinski definition) is 1. The fraction of sp³-hybridized carbons (Fsp3) is 0.500. The molecule has 4 heteroatoms. The van der Waals surface area contributed by atoms with Gasteiger partial charge in [-0.25, -0.2) is 0 Å². The number of carbonyl (C=O) groups excluding carboxylic acids is 1. The molecule has 1 aliphatic heterocycles. The minimum Gasteiger partial charge on any atom is -0.405 e. The number of amides is 1. The summed E-state index contributed by atoms with van der Waals surface area (Å²) in [4.78, 5) is 16.9. The van der Waals surface area contributed by atoms with Gasteiger partial charge in [-0.15, -0.1) is 0 Å². The van der Waals surface area contributed by atoms with Gasteiger partial charge < -0.3 is 10.6 Å². The van der Waals surface area contributed by atoms with Crippen LogP contribution in [0.15, 0.2) is 17.3 Å². The van der Waals surface area contributed by atoms with Crippen LogP contribution in [0.5, 0.6) is 0 Å². The minimum absolute atomic E-state index is 0.0906. The van der Waals surface area contributed by atoms with Crippen molar-refractivity contribution in [3.8, 4) is 0 Å². The van der Waals surface area contributed by atoms with E-state index in [9.17, 15) is 4.79 Å². The van der Waals surface area contributed by atoms with Gasteiger partial charge in [-0.1, -0.05) is 0 Å². The molecule has 0 aliphatic carbocycles. The average molecular weight is 167 g/mol. The molecule has 0 radical (unpaired) electrons. The van der Waals surface area contributed by atoms with Crippen LogP contribution in [0.25, 0.3) is 0 Å². The van der Waals surface area contributed by atoms with Crippen LogP contribution in [-0.4, -0.2) is 36.2 Å². The number of nitrogens with zero attached hydrogens (tertiary/aromatic N) is 2. The first-order valence-corrected chi connectivity index (χ1v) is 3.91. The molecule has 0 saturated heterocycles. The second-order valence-electron chi connectivity index (χ2n) is 2.67. The van der Waals surface area contributed by atoms with E-state index in [1.165, 1.54) is 6.20 Å². The molecule has 0 aromatic carbocycles. The summed E-state index contributed by atoms with van der Waals surface area (Å²) in [6.45, 7) is 3.55. The summed E-state index contributed by atoms with van der Waals surface area (Å²) in [7, 11) is 0. The van der Waals surface area contributed by atoms with E-state index in [1.807, 2.05) is 0 Å². The zero-order valence-corrected chi connectivity index (χ0v) is 7.16. The van der Waals surface area contributed by atoms with Crippen molar-refractivity contribution >= 4 is 11.6 Å². The smallest absolute Gasteiger partial charge is 0.219 e.